The van der Waals surface area contributed by atoms with E-state index in [1.54, 1.807) is 0 Å². The molecular formula is C15H9BrN4O5S. The van der Waals surface area contributed by atoms with Crippen molar-refractivity contribution >= 4 is 39.1 Å². The lowest BCUT2D eigenvalue weighted by atomic mass is 10.2. The minimum Gasteiger partial charge on any atom is -0.411 e. The lowest BCUT2D eigenvalue weighted by Crippen LogP contribution is -1.94. The first-order chi connectivity index (χ1) is 12.4. The van der Waals surface area contributed by atoms with E-state index >= 15 is 0 Å². The van der Waals surface area contributed by atoms with Crippen molar-refractivity contribution in [1.82, 2.24) is 10.2 Å². The van der Waals surface area contributed by atoms with E-state index in [9.17, 15) is 20.2 Å². The summed E-state index contributed by atoms with van der Waals surface area (Å²) in [7, 11) is 0. The maximum Gasteiger partial charge on any atom is 0.277 e. The number of hydrogen-bond acceptors (Lipinski definition) is 8. The Morgan fingerprint density at radius 1 is 1.00 bits per heavy atom. The van der Waals surface area contributed by atoms with Gasteiger partial charge in [0.25, 0.3) is 16.6 Å². The molecule has 1 heterocycles. The Morgan fingerprint density at radius 2 is 1.62 bits per heavy atom. The molecule has 132 valence electrons. The lowest BCUT2D eigenvalue weighted by molar-refractivity contribution is -0.394. The van der Waals surface area contributed by atoms with Crippen molar-refractivity contribution in [2.75, 3.05) is 0 Å². The molecule has 3 rings (SSSR count). The van der Waals surface area contributed by atoms with Gasteiger partial charge in [-0.05, 0) is 17.7 Å². The van der Waals surface area contributed by atoms with Crippen molar-refractivity contribution in [3.05, 3.63) is 72.7 Å². The maximum absolute atomic E-state index is 11.0. The van der Waals surface area contributed by atoms with Crippen LogP contribution in [0.3, 0.4) is 0 Å². The molecule has 0 fully saturated rings. The van der Waals surface area contributed by atoms with Crippen LogP contribution in [-0.4, -0.2) is 20.0 Å². The summed E-state index contributed by atoms with van der Waals surface area (Å²) >= 11 is 4.65. The molecule has 0 radical (unpaired) electrons. The topological polar surface area (TPSA) is 125 Å². The fourth-order valence-electron chi connectivity index (χ4n) is 2.04. The molecular weight excluding hydrogens is 428 g/mol. The van der Waals surface area contributed by atoms with Crippen LogP contribution in [0.4, 0.5) is 11.4 Å². The summed E-state index contributed by atoms with van der Waals surface area (Å²) < 4.78 is 6.44. The molecule has 26 heavy (non-hydrogen) atoms. The summed E-state index contributed by atoms with van der Waals surface area (Å²) in [5.41, 5.74) is 0.325. The number of nitrogens with zero attached hydrogens (tertiary/aromatic N) is 4. The zero-order chi connectivity index (χ0) is 18.7. The second kappa shape index (κ2) is 7.62. The Balaban J connectivity index is 1.81. The maximum atomic E-state index is 11.0. The van der Waals surface area contributed by atoms with Crippen molar-refractivity contribution < 1.29 is 14.3 Å². The third-order valence-electron chi connectivity index (χ3n) is 3.25. The minimum absolute atomic E-state index is 0.0184. The van der Waals surface area contributed by atoms with Crippen LogP contribution >= 0.6 is 27.7 Å². The molecule has 0 atom stereocenters. The Bertz CT molecular complexity index is 944. The predicted molar refractivity (Wildman–Crippen MR) is 96.7 cm³/mol. The zero-order valence-corrected chi connectivity index (χ0v) is 15.3. The predicted octanol–water partition coefficient (Wildman–Crippen LogP) is 4.61. The highest BCUT2D eigenvalue weighted by Gasteiger charge is 2.20. The number of nitro benzene ring substituents is 2. The molecule has 11 heteroatoms. The molecule has 9 nitrogen and oxygen atoms in total. The molecule has 0 saturated carbocycles. The molecule has 2 aromatic carbocycles. The van der Waals surface area contributed by atoms with Crippen molar-refractivity contribution in [2.45, 2.75) is 11.0 Å². The van der Waals surface area contributed by atoms with Gasteiger partial charge in [-0.1, -0.05) is 39.8 Å². The number of aromatic nitrogens is 2. The quantitative estimate of drug-likeness (QED) is 0.311. The normalized spacial score (nSPS) is 10.7. The van der Waals surface area contributed by atoms with E-state index in [2.05, 4.69) is 26.1 Å². The van der Waals surface area contributed by atoms with E-state index in [4.69, 9.17) is 4.42 Å². The van der Waals surface area contributed by atoms with Gasteiger partial charge >= 0.3 is 0 Å². The van der Waals surface area contributed by atoms with Crippen LogP contribution in [0.2, 0.25) is 0 Å². The van der Waals surface area contributed by atoms with Gasteiger partial charge in [0.15, 0.2) is 0 Å². The number of benzene rings is 2. The molecule has 0 bridgehead atoms. The van der Waals surface area contributed by atoms with Gasteiger partial charge in [0.2, 0.25) is 5.89 Å². The molecule has 0 saturated heterocycles. The fourth-order valence-corrected chi connectivity index (χ4v) is 3.02. The number of hydrogen-bond donors (Lipinski definition) is 0. The summed E-state index contributed by atoms with van der Waals surface area (Å²) in [5, 5.41) is 29.9. The van der Waals surface area contributed by atoms with Crippen LogP contribution < -0.4 is 0 Å². The number of non-ortho nitro benzene ring substituents is 2. The summed E-state index contributed by atoms with van der Waals surface area (Å²) in [4.78, 5) is 20.5. The monoisotopic (exact) mass is 436 g/mol. The molecule has 3 aromatic rings. The second-order valence-electron chi connectivity index (χ2n) is 5.04. The zero-order valence-electron chi connectivity index (χ0n) is 12.9. The number of halogens is 1. The summed E-state index contributed by atoms with van der Waals surface area (Å²) in [5.74, 6) is 0.569. The first-order valence-electron chi connectivity index (χ1n) is 7.07. The molecule has 0 N–H and O–H groups in total. The first kappa shape index (κ1) is 18.0. The number of nitro groups is 2. The van der Waals surface area contributed by atoms with Gasteiger partial charge in [-0.2, -0.15) is 0 Å². The van der Waals surface area contributed by atoms with E-state index in [-0.39, 0.29) is 16.7 Å². The van der Waals surface area contributed by atoms with Crippen molar-refractivity contribution in [2.24, 2.45) is 0 Å². The SMILES string of the molecule is O=[N+]([O-])c1cc(-c2nnc(SCc3ccc(Br)cc3)o2)cc([N+](=O)[O-])c1. The van der Waals surface area contributed by atoms with Crippen LogP contribution in [-0.2, 0) is 5.75 Å². The number of thioether (sulfide) groups is 1. The van der Waals surface area contributed by atoms with Crippen LogP contribution in [0.5, 0.6) is 0 Å². The smallest absolute Gasteiger partial charge is 0.277 e. The van der Waals surface area contributed by atoms with Crippen molar-refractivity contribution in [3.8, 4) is 11.5 Å². The van der Waals surface area contributed by atoms with Gasteiger partial charge in [0.05, 0.1) is 21.5 Å². The fraction of sp³-hybridized carbons (Fsp3) is 0.0667. The van der Waals surface area contributed by atoms with Crippen LogP contribution in [0.1, 0.15) is 5.56 Å². The van der Waals surface area contributed by atoms with E-state index in [0.29, 0.717) is 5.75 Å². The molecule has 0 aliphatic rings. The van der Waals surface area contributed by atoms with Crippen LogP contribution in [0.15, 0.2) is 56.6 Å². The van der Waals surface area contributed by atoms with E-state index in [1.807, 2.05) is 24.3 Å². The Hall–Kier alpha value is -2.79. The molecule has 0 spiro atoms. The molecule has 0 unspecified atom stereocenters. The summed E-state index contributed by atoms with van der Waals surface area (Å²) in [6.45, 7) is 0. The summed E-state index contributed by atoms with van der Waals surface area (Å²) in [6.07, 6.45) is 0. The van der Waals surface area contributed by atoms with E-state index < -0.39 is 21.2 Å². The van der Waals surface area contributed by atoms with Crippen molar-refractivity contribution in [1.29, 1.82) is 0 Å². The average molecular weight is 437 g/mol. The molecule has 0 amide bonds. The highest BCUT2D eigenvalue weighted by molar-refractivity contribution is 9.10. The van der Waals surface area contributed by atoms with Gasteiger partial charge in [0.1, 0.15) is 0 Å². The van der Waals surface area contributed by atoms with E-state index in [0.717, 1.165) is 28.2 Å². The van der Waals surface area contributed by atoms with Crippen LogP contribution in [0, 0.1) is 20.2 Å². The second-order valence-corrected chi connectivity index (χ2v) is 6.88. The average Bonchev–Trinajstić information content (AvgIpc) is 3.10. The van der Waals surface area contributed by atoms with Gasteiger partial charge in [-0.3, -0.25) is 20.2 Å². The van der Waals surface area contributed by atoms with Gasteiger partial charge < -0.3 is 4.42 Å². The Morgan fingerprint density at radius 3 is 2.19 bits per heavy atom. The Kier molecular flexibility index (Phi) is 5.28. The molecule has 1 aromatic heterocycles. The van der Waals surface area contributed by atoms with Crippen molar-refractivity contribution in [3.63, 3.8) is 0 Å². The van der Waals surface area contributed by atoms with Gasteiger partial charge in [-0.15, -0.1) is 10.2 Å². The lowest BCUT2D eigenvalue weighted by Gasteiger charge is -1.99. The van der Waals surface area contributed by atoms with Gasteiger partial charge in [0, 0.05) is 22.4 Å². The molecule has 0 aliphatic carbocycles. The highest BCUT2D eigenvalue weighted by atomic mass is 79.9. The molecule has 0 aliphatic heterocycles. The standard InChI is InChI=1S/C15H9BrN4O5S/c16-11-3-1-9(2-4-11)8-26-15-18-17-14(25-15)10-5-12(19(21)22)7-13(6-10)20(23)24/h1-7H,8H2. The first-order valence-corrected chi connectivity index (χ1v) is 8.85. The minimum atomic E-state index is -0.712. The third kappa shape index (κ3) is 4.24. The largest absolute Gasteiger partial charge is 0.411 e. The van der Waals surface area contributed by atoms with Crippen LogP contribution in [0.25, 0.3) is 11.5 Å². The van der Waals surface area contributed by atoms with E-state index in [1.165, 1.54) is 11.8 Å². The Labute approximate surface area is 158 Å². The number of rotatable bonds is 6. The highest BCUT2D eigenvalue weighted by Crippen LogP contribution is 2.31. The third-order valence-corrected chi connectivity index (χ3v) is 4.67. The van der Waals surface area contributed by atoms with Gasteiger partial charge in [-0.25, -0.2) is 0 Å². The summed E-state index contributed by atoms with van der Waals surface area (Å²) in [6, 6.07) is 10.9.